The van der Waals surface area contributed by atoms with Gasteiger partial charge >= 0.3 is 0 Å². The molecule has 1 saturated heterocycles. The lowest BCUT2D eigenvalue weighted by molar-refractivity contribution is 0.149. The van der Waals surface area contributed by atoms with Crippen LogP contribution in [-0.4, -0.2) is 42.2 Å². The van der Waals surface area contributed by atoms with E-state index in [1.54, 1.807) is 6.20 Å². The first kappa shape index (κ1) is 15.2. The van der Waals surface area contributed by atoms with Crippen LogP contribution in [0.5, 0.6) is 0 Å². The molecule has 2 rings (SSSR count). The van der Waals surface area contributed by atoms with Gasteiger partial charge in [-0.1, -0.05) is 20.8 Å². The second-order valence-electron chi connectivity index (χ2n) is 6.52. The van der Waals surface area contributed by atoms with E-state index >= 15 is 0 Å². The Balaban J connectivity index is 2.08. The third-order valence-corrected chi connectivity index (χ3v) is 4.50. The van der Waals surface area contributed by atoms with Crippen molar-refractivity contribution in [3.63, 3.8) is 0 Å². The number of aromatic nitrogens is 1. The Kier molecular flexibility index (Phi) is 4.63. The molecule has 20 heavy (non-hydrogen) atoms. The van der Waals surface area contributed by atoms with E-state index in [4.69, 9.17) is 0 Å². The smallest absolute Gasteiger partial charge is 0.133 e. The average molecular weight is 279 g/mol. The van der Waals surface area contributed by atoms with Crippen LogP contribution in [0.15, 0.2) is 18.5 Å². The van der Waals surface area contributed by atoms with Gasteiger partial charge in [-0.2, -0.15) is 0 Å². The van der Waals surface area contributed by atoms with Crippen LogP contribution in [-0.2, 0) is 5.41 Å². The van der Waals surface area contributed by atoms with Crippen molar-refractivity contribution < 1.29 is 4.39 Å². The lowest BCUT2D eigenvalue weighted by atomic mass is 9.83. The number of piperidine rings is 1. The molecule has 1 aliphatic rings. The van der Waals surface area contributed by atoms with Gasteiger partial charge in [0.15, 0.2) is 0 Å². The van der Waals surface area contributed by atoms with Gasteiger partial charge in [0.1, 0.15) is 6.17 Å². The van der Waals surface area contributed by atoms with Crippen molar-refractivity contribution in [3.8, 4) is 0 Å². The number of anilines is 1. The average Bonchev–Trinajstić information content (AvgIpc) is 2.42. The first-order valence-electron chi connectivity index (χ1n) is 7.47. The monoisotopic (exact) mass is 279 g/mol. The Morgan fingerprint density at radius 3 is 2.85 bits per heavy atom. The Bertz CT molecular complexity index is 447. The molecule has 1 N–H and O–H groups in total. The highest BCUT2D eigenvalue weighted by molar-refractivity contribution is 5.45. The van der Waals surface area contributed by atoms with Crippen molar-refractivity contribution in [2.75, 3.05) is 25.5 Å². The standard InChI is InChI=1S/C16H26FN3/c1-5-16(2,3)12-8-13(10-18-9-12)19-15-6-7-20(4)11-14(15)17/h8-10,14-15,19H,5-7,11H2,1-4H3/t14-,15+/m0/s1. The summed E-state index contributed by atoms with van der Waals surface area (Å²) >= 11 is 0. The highest BCUT2D eigenvalue weighted by Gasteiger charge is 2.27. The first-order valence-corrected chi connectivity index (χ1v) is 7.47. The van der Waals surface area contributed by atoms with E-state index in [9.17, 15) is 4.39 Å². The van der Waals surface area contributed by atoms with E-state index < -0.39 is 6.17 Å². The minimum atomic E-state index is -0.823. The zero-order chi connectivity index (χ0) is 14.8. The lowest BCUT2D eigenvalue weighted by Crippen LogP contribution is -2.46. The van der Waals surface area contributed by atoms with E-state index in [1.165, 1.54) is 5.56 Å². The topological polar surface area (TPSA) is 28.2 Å². The molecular weight excluding hydrogens is 253 g/mol. The van der Waals surface area contributed by atoms with E-state index in [2.05, 4.69) is 37.1 Å². The van der Waals surface area contributed by atoms with Crippen molar-refractivity contribution in [1.29, 1.82) is 0 Å². The number of pyridine rings is 1. The van der Waals surface area contributed by atoms with Crippen LogP contribution in [0.1, 0.15) is 39.2 Å². The maximum atomic E-state index is 14.1. The van der Waals surface area contributed by atoms with Gasteiger partial charge in [-0.15, -0.1) is 0 Å². The number of halogens is 1. The normalized spacial score (nSPS) is 24.6. The Morgan fingerprint density at radius 2 is 2.20 bits per heavy atom. The highest BCUT2D eigenvalue weighted by atomic mass is 19.1. The zero-order valence-corrected chi connectivity index (χ0v) is 13.0. The van der Waals surface area contributed by atoms with Gasteiger partial charge in [0, 0.05) is 25.5 Å². The summed E-state index contributed by atoms with van der Waals surface area (Å²) in [6.07, 6.45) is 4.77. The fourth-order valence-electron chi connectivity index (χ4n) is 2.53. The van der Waals surface area contributed by atoms with Gasteiger partial charge in [-0.05, 0) is 36.9 Å². The molecule has 112 valence electrons. The summed E-state index contributed by atoms with van der Waals surface area (Å²) in [6.45, 7) is 8.04. The van der Waals surface area contributed by atoms with Crippen molar-refractivity contribution in [2.45, 2.75) is 51.2 Å². The van der Waals surface area contributed by atoms with Crippen LogP contribution >= 0.6 is 0 Å². The molecular formula is C16H26FN3. The third kappa shape index (κ3) is 3.48. The zero-order valence-electron chi connectivity index (χ0n) is 13.0. The quantitative estimate of drug-likeness (QED) is 0.917. The SMILES string of the molecule is CCC(C)(C)c1cncc(N[C@@H]2CCN(C)C[C@@H]2F)c1. The molecule has 0 unspecified atom stereocenters. The number of rotatable bonds is 4. The molecule has 1 aromatic heterocycles. The Morgan fingerprint density at radius 1 is 1.45 bits per heavy atom. The second-order valence-corrected chi connectivity index (χ2v) is 6.52. The van der Waals surface area contributed by atoms with Crippen molar-refractivity contribution >= 4 is 5.69 Å². The Hall–Kier alpha value is -1.16. The van der Waals surface area contributed by atoms with Crippen LogP contribution in [0, 0.1) is 0 Å². The largest absolute Gasteiger partial charge is 0.378 e. The maximum absolute atomic E-state index is 14.1. The van der Waals surface area contributed by atoms with Crippen LogP contribution in [0.25, 0.3) is 0 Å². The predicted molar refractivity (Wildman–Crippen MR) is 82.0 cm³/mol. The van der Waals surface area contributed by atoms with Crippen molar-refractivity contribution in [2.24, 2.45) is 0 Å². The molecule has 1 fully saturated rings. The molecule has 0 aliphatic carbocycles. The molecule has 2 heterocycles. The van der Waals surface area contributed by atoms with E-state index in [-0.39, 0.29) is 11.5 Å². The number of nitrogens with one attached hydrogen (secondary N) is 1. The fourth-order valence-corrected chi connectivity index (χ4v) is 2.53. The summed E-state index contributed by atoms with van der Waals surface area (Å²) in [5.74, 6) is 0. The highest BCUT2D eigenvalue weighted by Crippen LogP contribution is 2.28. The molecule has 3 nitrogen and oxygen atoms in total. The minimum absolute atomic E-state index is 0.104. The Labute approximate surface area is 121 Å². The molecule has 0 saturated carbocycles. The van der Waals surface area contributed by atoms with Gasteiger partial charge in [0.05, 0.1) is 11.7 Å². The molecule has 0 bridgehead atoms. The van der Waals surface area contributed by atoms with E-state index in [0.717, 1.165) is 25.1 Å². The predicted octanol–water partition coefficient (Wildman–Crippen LogP) is 3.22. The molecule has 4 heteroatoms. The number of hydrogen-bond acceptors (Lipinski definition) is 3. The first-order chi connectivity index (χ1) is 9.42. The van der Waals surface area contributed by atoms with Crippen LogP contribution in [0.3, 0.4) is 0 Å². The van der Waals surface area contributed by atoms with Crippen molar-refractivity contribution in [3.05, 3.63) is 24.0 Å². The summed E-state index contributed by atoms with van der Waals surface area (Å²) in [5.41, 5.74) is 2.24. The van der Waals surface area contributed by atoms with Gasteiger partial charge in [-0.25, -0.2) is 4.39 Å². The van der Waals surface area contributed by atoms with E-state index in [1.807, 2.05) is 18.1 Å². The second kappa shape index (κ2) is 6.08. The molecule has 0 amide bonds. The van der Waals surface area contributed by atoms with Gasteiger partial charge in [-0.3, -0.25) is 4.98 Å². The summed E-state index contributed by atoms with van der Waals surface area (Å²) < 4.78 is 14.1. The van der Waals surface area contributed by atoms with Gasteiger partial charge < -0.3 is 10.2 Å². The van der Waals surface area contributed by atoms with Crippen molar-refractivity contribution in [1.82, 2.24) is 9.88 Å². The van der Waals surface area contributed by atoms with Crippen LogP contribution in [0.2, 0.25) is 0 Å². The third-order valence-electron chi connectivity index (χ3n) is 4.50. The van der Waals surface area contributed by atoms with Gasteiger partial charge in [0.2, 0.25) is 0 Å². The minimum Gasteiger partial charge on any atom is -0.378 e. The molecule has 2 atom stereocenters. The molecule has 0 spiro atoms. The van der Waals surface area contributed by atoms with Gasteiger partial charge in [0.25, 0.3) is 0 Å². The molecule has 1 aromatic rings. The molecule has 0 radical (unpaired) electrons. The number of hydrogen-bond donors (Lipinski definition) is 1. The van der Waals surface area contributed by atoms with E-state index in [0.29, 0.717) is 6.54 Å². The number of nitrogens with zero attached hydrogens (tertiary/aromatic N) is 2. The number of likely N-dealkylation sites (tertiary alicyclic amines) is 1. The fraction of sp³-hybridized carbons (Fsp3) is 0.688. The summed E-state index contributed by atoms with van der Waals surface area (Å²) in [6, 6.07) is 2.01. The summed E-state index contributed by atoms with van der Waals surface area (Å²) in [7, 11) is 1.97. The van der Waals surface area contributed by atoms with Crippen LogP contribution in [0.4, 0.5) is 10.1 Å². The summed E-state index contributed by atoms with van der Waals surface area (Å²) in [5, 5.41) is 3.32. The van der Waals surface area contributed by atoms with Crippen LogP contribution < -0.4 is 5.32 Å². The lowest BCUT2D eigenvalue weighted by Gasteiger charge is -2.33. The molecule has 0 aromatic carbocycles. The molecule has 1 aliphatic heterocycles. The summed E-state index contributed by atoms with van der Waals surface area (Å²) in [4.78, 5) is 6.35. The maximum Gasteiger partial charge on any atom is 0.133 e. The number of alkyl halides is 1.